The summed E-state index contributed by atoms with van der Waals surface area (Å²) in [7, 11) is 1.76. The van der Waals surface area contributed by atoms with Gasteiger partial charge in [0.25, 0.3) is 0 Å². The number of fused-ring (bicyclic) bond motifs is 1. The SMILES string of the molecule is CNC1C(=O)Nc2cc(Oc3cncc(Br)c3)ccc21. The highest BCUT2D eigenvalue weighted by Crippen LogP contribution is 2.35. The van der Waals surface area contributed by atoms with Gasteiger partial charge in [0.15, 0.2) is 0 Å². The van der Waals surface area contributed by atoms with Crippen molar-refractivity contribution in [1.82, 2.24) is 10.3 Å². The van der Waals surface area contributed by atoms with Crippen LogP contribution in [0.1, 0.15) is 11.6 Å². The van der Waals surface area contributed by atoms with Crippen molar-refractivity contribution in [2.75, 3.05) is 12.4 Å². The molecule has 102 valence electrons. The first-order valence-corrected chi connectivity index (χ1v) is 6.87. The van der Waals surface area contributed by atoms with E-state index in [2.05, 4.69) is 31.5 Å². The van der Waals surface area contributed by atoms with E-state index in [9.17, 15) is 4.79 Å². The predicted molar refractivity (Wildman–Crippen MR) is 78.9 cm³/mol. The van der Waals surface area contributed by atoms with Crippen LogP contribution in [0.3, 0.4) is 0 Å². The fourth-order valence-electron chi connectivity index (χ4n) is 2.18. The van der Waals surface area contributed by atoms with Crippen LogP contribution in [0.4, 0.5) is 5.69 Å². The molecule has 1 aromatic carbocycles. The monoisotopic (exact) mass is 333 g/mol. The van der Waals surface area contributed by atoms with Crippen LogP contribution >= 0.6 is 15.9 Å². The number of pyridine rings is 1. The highest BCUT2D eigenvalue weighted by molar-refractivity contribution is 9.10. The zero-order valence-electron chi connectivity index (χ0n) is 10.7. The van der Waals surface area contributed by atoms with Gasteiger partial charge in [-0.25, -0.2) is 0 Å². The molecule has 2 aromatic rings. The van der Waals surface area contributed by atoms with Gasteiger partial charge in [0, 0.05) is 28.0 Å². The Hall–Kier alpha value is -1.92. The molecular weight excluding hydrogens is 322 g/mol. The number of nitrogens with one attached hydrogen (secondary N) is 2. The summed E-state index contributed by atoms with van der Waals surface area (Å²) in [6.07, 6.45) is 3.32. The Kier molecular flexibility index (Phi) is 3.42. The quantitative estimate of drug-likeness (QED) is 0.906. The number of hydrogen-bond acceptors (Lipinski definition) is 4. The summed E-state index contributed by atoms with van der Waals surface area (Å²) in [5, 5.41) is 5.81. The van der Waals surface area contributed by atoms with E-state index in [1.165, 1.54) is 0 Å². The van der Waals surface area contributed by atoms with Gasteiger partial charge in [0.05, 0.1) is 6.20 Å². The average molecular weight is 334 g/mol. The normalized spacial score (nSPS) is 16.7. The number of rotatable bonds is 3. The van der Waals surface area contributed by atoms with Gasteiger partial charge in [-0.15, -0.1) is 0 Å². The number of carbonyl (C=O) groups is 1. The number of nitrogens with zero attached hydrogens (tertiary/aromatic N) is 1. The average Bonchev–Trinajstić information content (AvgIpc) is 2.73. The van der Waals surface area contributed by atoms with Crippen molar-refractivity contribution in [1.29, 1.82) is 0 Å². The van der Waals surface area contributed by atoms with Gasteiger partial charge in [0.2, 0.25) is 5.91 Å². The third kappa shape index (κ3) is 2.39. The number of benzene rings is 1. The van der Waals surface area contributed by atoms with Gasteiger partial charge in [-0.3, -0.25) is 9.78 Å². The van der Waals surface area contributed by atoms with Crippen LogP contribution in [0.25, 0.3) is 0 Å². The van der Waals surface area contributed by atoms with Crippen LogP contribution in [0.15, 0.2) is 41.1 Å². The highest BCUT2D eigenvalue weighted by Gasteiger charge is 2.29. The Labute approximate surface area is 124 Å². The van der Waals surface area contributed by atoms with Crippen LogP contribution in [0.2, 0.25) is 0 Å². The first-order chi connectivity index (χ1) is 9.67. The molecule has 5 nitrogen and oxygen atoms in total. The van der Waals surface area contributed by atoms with Crippen LogP contribution in [0, 0.1) is 0 Å². The lowest BCUT2D eigenvalue weighted by Crippen LogP contribution is -2.23. The number of amides is 1. The summed E-state index contributed by atoms with van der Waals surface area (Å²) in [4.78, 5) is 15.8. The van der Waals surface area contributed by atoms with Gasteiger partial charge in [0.1, 0.15) is 17.5 Å². The molecule has 0 spiro atoms. The number of hydrogen-bond donors (Lipinski definition) is 2. The minimum Gasteiger partial charge on any atom is -0.456 e. The van der Waals surface area contributed by atoms with Gasteiger partial charge in [-0.05, 0) is 35.1 Å². The lowest BCUT2D eigenvalue weighted by Gasteiger charge is -2.09. The van der Waals surface area contributed by atoms with Crippen LogP contribution in [-0.2, 0) is 4.79 Å². The van der Waals surface area contributed by atoms with E-state index in [1.54, 1.807) is 19.4 Å². The second-order valence-electron chi connectivity index (χ2n) is 4.40. The molecule has 2 N–H and O–H groups in total. The Morgan fingerprint density at radius 1 is 1.30 bits per heavy atom. The standard InChI is InChI=1S/C14H12BrN3O2/c1-16-13-11-3-2-9(5-12(11)18-14(13)19)20-10-4-8(15)6-17-7-10/h2-7,13,16H,1H3,(H,18,19). The molecule has 3 rings (SSSR count). The fourth-order valence-corrected chi connectivity index (χ4v) is 2.52. The number of ether oxygens (including phenoxy) is 1. The fraction of sp³-hybridized carbons (Fsp3) is 0.143. The Bertz CT molecular complexity index is 675. The van der Waals surface area contributed by atoms with E-state index in [1.807, 2.05) is 24.3 Å². The second kappa shape index (κ2) is 5.22. The molecule has 0 fully saturated rings. The molecule has 1 aliphatic rings. The number of aromatic nitrogens is 1. The molecule has 0 radical (unpaired) electrons. The van der Waals surface area contributed by atoms with E-state index >= 15 is 0 Å². The van der Waals surface area contributed by atoms with E-state index in [0.717, 1.165) is 15.7 Å². The van der Waals surface area contributed by atoms with E-state index in [4.69, 9.17) is 4.74 Å². The van der Waals surface area contributed by atoms with Crippen molar-refractivity contribution < 1.29 is 9.53 Å². The topological polar surface area (TPSA) is 63.2 Å². The minimum atomic E-state index is -0.299. The number of halogens is 1. The summed E-state index contributed by atoms with van der Waals surface area (Å²) < 4.78 is 6.57. The second-order valence-corrected chi connectivity index (χ2v) is 5.32. The summed E-state index contributed by atoms with van der Waals surface area (Å²) in [5.41, 5.74) is 1.70. The van der Waals surface area contributed by atoms with Crippen molar-refractivity contribution in [3.8, 4) is 11.5 Å². The first-order valence-electron chi connectivity index (χ1n) is 6.08. The molecule has 1 aliphatic heterocycles. The van der Waals surface area contributed by atoms with Gasteiger partial charge in [-0.1, -0.05) is 6.07 Å². The molecule has 0 saturated heterocycles. The Morgan fingerprint density at radius 2 is 2.15 bits per heavy atom. The molecule has 6 heteroatoms. The molecule has 1 unspecified atom stereocenters. The third-order valence-electron chi connectivity index (χ3n) is 3.06. The lowest BCUT2D eigenvalue weighted by molar-refractivity contribution is -0.117. The molecule has 2 heterocycles. The number of carbonyl (C=O) groups excluding carboxylic acids is 1. The molecule has 0 bridgehead atoms. The number of anilines is 1. The van der Waals surface area contributed by atoms with Gasteiger partial charge < -0.3 is 15.4 Å². The van der Waals surface area contributed by atoms with Crippen molar-refractivity contribution in [2.24, 2.45) is 0 Å². The first kappa shape index (κ1) is 13.1. The molecule has 20 heavy (non-hydrogen) atoms. The van der Waals surface area contributed by atoms with Crippen LogP contribution in [0.5, 0.6) is 11.5 Å². The van der Waals surface area contributed by atoms with Crippen molar-refractivity contribution in [3.63, 3.8) is 0 Å². The summed E-state index contributed by atoms with van der Waals surface area (Å²) in [6, 6.07) is 7.06. The highest BCUT2D eigenvalue weighted by atomic mass is 79.9. The lowest BCUT2D eigenvalue weighted by atomic mass is 10.1. The molecule has 1 aromatic heterocycles. The third-order valence-corrected chi connectivity index (χ3v) is 3.49. The molecule has 1 atom stereocenters. The smallest absolute Gasteiger partial charge is 0.246 e. The number of likely N-dealkylation sites (N-methyl/N-ethyl adjacent to an activating group) is 1. The van der Waals surface area contributed by atoms with Crippen LogP contribution in [-0.4, -0.2) is 17.9 Å². The Balaban J connectivity index is 1.87. The maximum atomic E-state index is 11.7. The predicted octanol–water partition coefficient (Wildman–Crippen LogP) is 2.85. The van der Waals surface area contributed by atoms with Gasteiger partial charge in [-0.2, -0.15) is 0 Å². The minimum absolute atomic E-state index is 0.0521. The molecule has 0 aliphatic carbocycles. The molecular formula is C14H12BrN3O2. The summed E-state index contributed by atoms with van der Waals surface area (Å²) in [6.45, 7) is 0. The zero-order valence-corrected chi connectivity index (χ0v) is 12.3. The molecule has 1 amide bonds. The molecule has 0 saturated carbocycles. The largest absolute Gasteiger partial charge is 0.456 e. The van der Waals surface area contributed by atoms with Crippen molar-refractivity contribution in [3.05, 3.63) is 46.7 Å². The van der Waals surface area contributed by atoms with Gasteiger partial charge >= 0.3 is 0 Å². The Morgan fingerprint density at radius 3 is 2.90 bits per heavy atom. The maximum Gasteiger partial charge on any atom is 0.246 e. The van der Waals surface area contributed by atoms with E-state index in [-0.39, 0.29) is 11.9 Å². The van der Waals surface area contributed by atoms with E-state index in [0.29, 0.717) is 11.5 Å². The zero-order chi connectivity index (χ0) is 14.1. The van der Waals surface area contributed by atoms with Crippen molar-refractivity contribution in [2.45, 2.75) is 6.04 Å². The van der Waals surface area contributed by atoms with Crippen molar-refractivity contribution >= 4 is 27.5 Å². The summed E-state index contributed by atoms with van der Waals surface area (Å²) >= 11 is 3.34. The summed E-state index contributed by atoms with van der Waals surface area (Å²) in [5.74, 6) is 1.23. The van der Waals surface area contributed by atoms with E-state index < -0.39 is 0 Å². The maximum absolute atomic E-state index is 11.7. The van der Waals surface area contributed by atoms with Crippen LogP contribution < -0.4 is 15.4 Å².